The van der Waals surface area contributed by atoms with E-state index >= 15 is 0 Å². The molecule has 3 aromatic rings. The van der Waals surface area contributed by atoms with Crippen LogP contribution in [0.25, 0.3) is 16.8 Å². The molecule has 244 valence electrons. The number of aromatic nitrogens is 1. The van der Waals surface area contributed by atoms with E-state index in [9.17, 15) is 9.59 Å². The van der Waals surface area contributed by atoms with E-state index in [4.69, 9.17) is 0 Å². The lowest BCUT2D eigenvalue weighted by atomic mass is 9.93. The fraction of sp³-hybridized carbons (Fsp3) is 0.436. The van der Waals surface area contributed by atoms with Crippen molar-refractivity contribution in [2.24, 2.45) is 0 Å². The lowest BCUT2D eigenvalue weighted by Gasteiger charge is -2.40. The van der Waals surface area contributed by atoms with Gasteiger partial charge in [-0.1, -0.05) is 43.8 Å². The molecule has 0 aliphatic carbocycles. The van der Waals surface area contributed by atoms with Crippen LogP contribution in [-0.4, -0.2) is 59.5 Å². The number of nitrogens with zero attached hydrogens (tertiary/aromatic N) is 3. The van der Waals surface area contributed by atoms with Crippen molar-refractivity contribution < 1.29 is 4.79 Å². The Labute approximate surface area is 275 Å². The topological polar surface area (TPSA) is 71.7 Å². The highest BCUT2D eigenvalue weighted by atomic mass is 16.2. The van der Waals surface area contributed by atoms with Crippen molar-refractivity contribution in [2.45, 2.75) is 78.9 Å². The summed E-state index contributed by atoms with van der Waals surface area (Å²) in [7, 11) is 0. The Bertz CT molecular complexity index is 1610. The number of anilines is 1. The van der Waals surface area contributed by atoms with Gasteiger partial charge >= 0.3 is 0 Å². The molecule has 0 radical (unpaired) electrons. The average Bonchev–Trinajstić information content (AvgIpc) is 3.06. The summed E-state index contributed by atoms with van der Waals surface area (Å²) in [5, 5.41) is 3.49. The Kier molecular flexibility index (Phi) is 10.8. The van der Waals surface area contributed by atoms with Crippen LogP contribution in [0, 0.1) is 20.8 Å². The van der Waals surface area contributed by atoms with E-state index in [2.05, 4.69) is 83.5 Å². The summed E-state index contributed by atoms with van der Waals surface area (Å²) in [6.07, 6.45) is 7.16. The molecule has 0 atom stereocenters. The Morgan fingerprint density at radius 1 is 1.00 bits per heavy atom. The highest BCUT2D eigenvalue weighted by molar-refractivity contribution is 5.87. The molecule has 1 amide bonds. The molecule has 1 aromatic heterocycles. The van der Waals surface area contributed by atoms with Crippen molar-refractivity contribution in [1.82, 2.24) is 20.1 Å². The molecule has 7 nitrogen and oxygen atoms in total. The number of aromatic amines is 1. The van der Waals surface area contributed by atoms with Gasteiger partial charge in [0.2, 0.25) is 5.91 Å². The molecular formula is C39H51N5O2. The number of carbonyl (C=O) groups excluding carboxylic acids is 1. The minimum Gasteiger partial charge on any atom is -0.381 e. The van der Waals surface area contributed by atoms with Crippen molar-refractivity contribution in [3.05, 3.63) is 106 Å². The van der Waals surface area contributed by atoms with Gasteiger partial charge in [-0.05, 0) is 119 Å². The van der Waals surface area contributed by atoms with Gasteiger partial charge in [-0.2, -0.15) is 0 Å². The third kappa shape index (κ3) is 7.64. The van der Waals surface area contributed by atoms with Crippen LogP contribution < -0.4 is 15.8 Å². The minimum atomic E-state index is -0.0629. The molecule has 2 saturated heterocycles. The van der Waals surface area contributed by atoms with Gasteiger partial charge in [0.05, 0.1) is 0 Å². The van der Waals surface area contributed by atoms with Crippen LogP contribution in [0.5, 0.6) is 0 Å². The number of carbonyl (C=O) groups is 1. The number of amides is 1. The Morgan fingerprint density at radius 3 is 2.33 bits per heavy atom. The Morgan fingerprint density at radius 2 is 1.70 bits per heavy atom. The lowest BCUT2D eigenvalue weighted by Crippen LogP contribution is -2.46. The van der Waals surface area contributed by atoms with Gasteiger partial charge < -0.3 is 20.1 Å². The zero-order chi connectivity index (χ0) is 32.8. The predicted octanol–water partition coefficient (Wildman–Crippen LogP) is 6.72. The number of benzene rings is 2. The summed E-state index contributed by atoms with van der Waals surface area (Å²) in [4.78, 5) is 34.9. The van der Waals surface area contributed by atoms with Crippen LogP contribution in [0.1, 0.15) is 72.5 Å². The molecule has 0 bridgehead atoms. The molecule has 3 heterocycles. The number of nitrogens with one attached hydrogen (secondary N) is 2. The number of hydrogen-bond donors (Lipinski definition) is 2. The van der Waals surface area contributed by atoms with Crippen LogP contribution in [0.2, 0.25) is 0 Å². The molecule has 0 saturated carbocycles. The van der Waals surface area contributed by atoms with Gasteiger partial charge in [-0.3, -0.25) is 14.5 Å². The van der Waals surface area contributed by atoms with Crippen molar-refractivity contribution in [1.29, 1.82) is 0 Å². The largest absolute Gasteiger partial charge is 0.381 e. The molecular weight excluding hydrogens is 570 g/mol. The van der Waals surface area contributed by atoms with Gasteiger partial charge in [-0.15, -0.1) is 0 Å². The van der Waals surface area contributed by atoms with Crippen molar-refractivity contribution in [3.63, 3.8) is 0 Å². The highest BCUT2D eigenvalue weighted by Crippen LogP contribution is 2.36. The summed E-state index contributed by atoms with van der Waals surface area (Å²) >= 11 is 0. The summed E-state index contributed by atoms with van der Waals surface area (Å²) in [6.45, 7) is 22.5. The molecule has 2 fully saturated rings. The first-order valence-corrected chi connectivity index (χ1v) is 16.9. The predicted molar refractivity (Wildman–Crippen MR) is 191 cm³/mol. The fourth-order valence-corrected chi connectivity index (χ4v) is 7.20. The highest BCUT2D eigenvalue weighted by Gasteiger charge is 2.27. The van der Waals surface area contributed by atoms with Crippen molar-refractivity contribution in [3.8, 4) is 11.1 Å². The second-order valence-electron chi connectivity index (χ2n) is 13.0. The molecule has 2 aliphatic rings. The van der Waals surface area contributed by atoms with E-state index < -0.39 is 0 Å². The van der Waals surface area contributed by atoms with E-state index in [0.717, 1.165) is 78.2 Å². The van der Waals surface area contributed by atoms with Crippen LogP contribution in [-0.2, 0) is 17.9 Å². The minimum absolute atomic E-state index is 0.00993. The summed E-state index contributed by atoms with van der Waals surface area (Å²) in [5.74, 6) is 0.00993. The van der Waals surface area contributed by atoms with E-state index in [1.165, 1.54) is 55.2 Å². The number of rotatable bonds is 11. The molecule has 2 aliphatic heterocycles. The van der Waals surface area contributed by atoms with E-state index in [1.807, 2.05) is 24.8 Å². The van der Waals surface area contributed by atoms with Crippen LogP contribution in [0.4, 0.5) is 5.69 Å². The molecule has 0 unspecified atom stereocenters. The van der Waals surface area contributed by atoms with Gasteiger partial charge in [0.25, 0.3) is 5.56 Å². The third-order valence-corrected chi connectivity index (χ3v) is 9.86. The monoisotopic (exact) mass is 621 g/mol. The van der Waals surface area contributed by atoms with E-state index in [-0.39, 0.29) is 11.5 Å². The smallest absolute Gasteiger partial charge is 0.253 e. The zero-order valence-corrected chi connectivity index (χ0v) is 28.3. The fourth-order valence-electron chi connectivity index (χ4n) is 7.20. The maximum absolute atomic E-state index is 12.7. The maximum atomic E-state index is 12.7. The van der Waals surface area contributed by atoms with Gasteiger partial charge in [0.15, 0.2) is 0 Å². The molecule has 46 heavy (non-hydrogen) atoms. The van der Waals surface area contributed by atoms with E-state index in [1.54, 1.807) is 0 Å². The molecule has 7 heteroatoms. The third-order valence-electron chi connectivity index (χ3n) is 9.86. The molecule has 5 rings (SSSR count). The number of aryl methyl sites for hydroxylation is 2. The molecule has 0 spiro atoms. The summed E-state index contributed by atoms with van der Waals surface area (Å²) in [6, 6.07) is 15.9. The normalized spacial score (nSPS) is 15.9. The number of H-pyrrole nitrogens is 1. The number of pyridine rings is 1. The lowest BCUT2D eigenvalue weighted by molar-refractivity contribution is -0.127. The number of hydrogen-bond acceptors (Lipinski definition) is 5. The molecule has 2 aromatic carbocycles. The Balaban J connectivity index is 1.46. The first-order valence-electron chi connectivity index (χ1n) is 16.9. The zero-order valence-electron chi connectivity index (χ0n) is 28.3. The number of likely N-dealkylation sites (tertiary alicyclic amines) is 2. The van der Waals surface area contributed by atoms with Crippen molar-refractivity contribution in [2.75, 3.05) is 37.6 Å². The molecule has 2 N–H and O–H groups in total. The van der Waals surface area contributed by atoms with Gasteiger partial charge in [0.1, 0.15) is 0 Å². The SMILES string of the molecule is C=CC(=O)N1CCC(N(CC)c2cc(-c3ccc(CN4CCCCC4)cc3)cc(C(=C)NCc3c(C)cc(C)[nH]c3=O)c2C)CC1. The summed E-state index contributed by atoms with van der Waals surface area (Å²) in [5.41, 5.74) is 10.3. The summed E-state index contributed by atoms with van der Waals surface area (Å²) < 4.78 is 0. The standard InChI is InChI=1S/C39H51N5O2/c1-7-38(45)43-20-16-34(17-21-43)44(8-2)37-24-33(32-14-12-31(13-15-32)26-42-18-10-9-11-19-42)23-35(29(37)5)30(6)40-25-36-27(3)22-28(4)41-39(36)46/h7,12-15,22-24,34,40H,1,6,8-11,16-21,25-26H2,2-5H3,(H,41,46). The first kappa shape index (κ1) is 33.3. The van der Waals surface area contributed by atoms with Crippen LogP contribution >= 0.6 is 0 Å². The van der Waals surface area contributed by atoms with Crippen LogP contribution in [0.3, 0.4) is 0 Å². The quantitative estimate of drug-likeness (QED) is 0.233. The Hall–Kier alpha value is -4.10. The van der Waals surface area contributed by atoms with Gasteiger partial charge in [0, 0.05) is 67.0 Å². The van der Waals surface area contributed by atoms with E-state index in [0.29, 0.717) is 12.6 Å². The van der Waals surface area contributed by atoms with Crippen molar-refractivity contribution >= 4 is 17.3 Å². The first-order chi connectivity index (χ1) is 22.2. The van der Waals surface area contributed by atoms with Gasteiger partial charge in [-0.25, -0.2) is 0 Å². The second kappa shape index (κ2) is 15.0. The average molecular weight is 622 g/mol. The van der Waals surface area contributed by atoms with Crippen LogP contribution in [0.15, 0.2) is 66.5 Å². The second-order valence-corrected chi connectivity index (χ2v) is 13.0. The number of piperidine rings is 2. The maximum Gasteiger partial charge on any atom is 0.253 e.